The molecule has 0 bridgehead atoms. The molecular weight excluding hydrogens is 901 g/mol. The first-order valence-corrected chi connectivity index (χ1v) is 24.1. The quantitative estimate of drug-likeness (QED) is 0.101. The van der Waals surface area contributed by atoms with E-state index in [1.54, 1.807) is 12.2 Å². The molecule has 72 heavy (non-hydrogen) atoms. The average Bonchev–Trinajstić information content (AvgIpc) is 3.31. The number of halogens is 4. The lowest BCUT2D eigenvalue weighted by Crippen LogP contribution is -2.17. The van der Waals surface area contributed by atoms with Crippen molar-refractivity contribution in [2.24, 2.45) is 0 Å². The van der Waals surface area contributed by atoms with Crippen molar-refractivity contribution in [1.29, 1.82) is 10.5 Å². The fourth-order valence-corrected chi connectivity index (χ4v) is 8.52. The van der Waals surface area contributed by atoms with Crippen molar-refractivity contribution in [3.8, 4) is 12.1 Å². The average molecular weight is 963 g/mol. The van der Waals surface area contributed by atoms with Gasteiger partial charge < -0.3 is 9.80 Å². The summed E-state index contributed by atoms with van der Waals surface area (Å²) in [5, 5.41) is 19.1. The molecule has 0 aliphatic heterocycles. The van der Waals surface area contributed by atoms with Crippen molar-refractivity contribution in [1.82, 2.24) is 0 Å². The Balaban J connectivity index is 1.63. The van der Waals surface area contributed by atoms with Crippen molar-refractivity contribution < 1.29 is 17.6 Å². The highest BCUT2D eigenvalue weighted by atomic mass is 19.1. The molecule has 0 aliphatic rings. The maximum Gasteiger partial charge on any atom is 0.134 e. The molecule has 7 aromatic rings. The lowest BCUT2D eigenvalue weighted by Gasteiger charge is -2.33. The Bertz CT molecular complexity index is 2870. The van der Waals surface area contributed by atoms with Gasteiger partial charge in [0.1, 0.15) is 23.3 Å². The Morgan fingerprint density at radius 1 is 0.347 bits per heavy atom. The molecule has 7 rings (SSSR count). The smallest absolute Gasteiger partial charge is 0.134 e. The summed E-state index contributed by atoms with van der Waals surface area (Å²) in [7, 11) is 0. The van der Waals surface area contributed by atoms with E-state index in [4.69, 9.17) is 0 Å². The van der Waals surface area contributed by atoms with Crippen molar-refractivity contribution in [2.75, 3.05) is 9.80 Å². The van der Waals surface area contributed by atoms with E-state index in [1.165, 1.54) is 12.2 Å². The monoisotopic (exact) mass is 962 g/mol. The van der Waals surface area contributed by atoms with E-state index < -0.39 is 23.3 Å². The fraction of sp³-hybridized carbons (Fsp3) is 0.250. The van der Waals surface area contributed by atoms with Gasteiger partial charge in [-0.1, -0.05) is 144 Å². The van der Waals surface area contributed by atoms with Crippen LogP contribution in [0.2, 0.25) is 0 Å². The molecule has 0 unspecified atom stereocenters. The Morgan fingerprint density at radius 3 is 0.764 bits per heavy atom. The fourth-order valence-electron chi connectivity index (χ4n) is 8.52. The first-order valence-electron chi connectivity index (χ1n) is 24.1. The number of benzene rings is 7. The van der Waals surface area contributed by atoms with Gasteiger partial charge in [0.25, 0.3) is 0 Å². The minimum absolute atomic E-state index is 0.148. The van der Waals surface area contributed by atoms with Gasteiger partial charge in [0, 0.05) is 45.0 Å². The van der Waals surface area contributed by atoms with Gasteiger partial charge in [0.2, 0.25) is 0 Å². The molecule has 0 spiro atoms. The zero-order chi connectivity index (χ0) is 52.5. The summed E-state index contributed by atoms with van der Waals surface area (Å²) >= 11 is 0. The van der Waals surface area contributed by atoms with Crippen LogP contribution in [-0.2, 0) is 21.7 Å². The molecule has 0 saturated carbocycles. The van der Waals surface area contributed by atoms with Crippen molar-refractivity contribution in [2.45, 2.75) is 105 Å². The van der Waals surface area contributed by atoms with E-state index >= 15 is 17.6 Å². The van der Waals surface area contributed by atoms with Gasteiger partial charge in [-0.05, 0) is 141 Å². The summed E-state index contributed by atoms with van der Waals surface area (Å²) in [6.45, 7) is 25.7. The molecular formula is C64H62F4N4. The second-order valence-electron chi connectivity index (χ2n) is 22.4. The predicted molar refractivity (Wildman–Crippen MR) is 291 cm³/mol. The van der Waals surface area contributed by atoms with Crippen LogP contribution in [0, 0.1) is 45.9 Å². The molecule has 0 saturated heterocycles. The van der Waals surface area contributed by atoms with E-state index in [0.717, 1.165) is 69.3 Å². The molecule has 0 heterocycles. The Morgan fingerprint density at radius 2 is 0.569 bits per heavy atom. The third-order valence-electron chi connectivity index (χ3n) is 12.9. The number of hydrogen-bond donors (Lipinski definition) is 0. The van der Waals surface area contributed by atoms with Gasteiger partial charge in [-0.15, -0.1) is 0 Å². The van der Waals surface area contributed by atoms with E-state index in [-0.39, 0.29) is 43.9 Å². The maximum atomic E-state index is 15.8. The minimum Gasteiger partial charge on any atom is -0.310 e. The van der Waals surface area contributed by atoms with E-state index in [1.807, 2.05) is 72.8 Å². The van der Waals surface area contributed by atoms with Crippen LogP contribution < -0.4 is 9.80 Å². The SMILES string of the molecule is CC(C)(C)c1ccc(N(c2ccc(C(C)(C)C)cc2)c2cc(/C=C/c3c(F)cc(C#N)cc3F)c(N(c3ccc(C(C)(C)C)cc3)c3ccc(C(C)(C)C)cc3)cc2/C=C\c2c(F)cc(C#N)cc2F)cc1. The summed E-state index contributed by atoms with van der Waals surface area (Å²) in [5.74, 6) is -3.60. The molecule has 4 nitrogen and oxygen atoms in total. The molecule has 8 heteroatoms. The molecule has 0 fully saturated rings. The second-order valence-corrected chi connectivity index (χ2v) is 22.4. The molecule has 0 aliphatic carbocycles. The summed E-state index contributed by atoms with van der Waals surface area (Å²) in [6, 6.07) is 44.5. The molecule has 0 N–H and O–H groups in total. The normalized spacial score (nSPS) is 12.3. The molecule has 0 atom stereocenters. The molecule has 0 radical (unpaired) electrons. The predicted octanol–water partition coefficient (Wildman–Crippen LogP) is 18.5. The van der Waals surface area contributed by atoms with Crippen LogP contribution in [0.25, 0.3) is 24.3 Å². The topological polar surface area (TPSA) is 54.1 Å². The highest BCUT2D eigenvalue weighted by Gasteiger charge is 2.26. The number of nitrogens with zero attached hydrogens (tertiary/aromatic N) is 4. The number of nitriles is 2. The molecule has 366 valence electrons. The van der Waals surface area contributed by atoms with Gasteiger partial charge in [-0.25, -0.2) is 17.6 Å². The van der Waals surface area contributed by atoms with Crippen molar-refractivity contribution in [3.05, 3.63) is 212 Å². The minimum atomic E-state index is -0.900. The van der Waals surface area contributed by atoms with Gasteiger partial charge >= 0.3 is 0 Å². The Labute approximate surface area is 423 Å². The second kappa shape index (κ2) is 20.2. The Hall–Kier alpha value is -7.68. The third kappa shape index (κ3) is 11.6. The largest absolute Gasteiger partial charge is 0.310 e. The van der Waals surface area contributed by atoms with Gasteiger partial charge in [0.05, 0.1) is 34.6 Å². The summed E-state index contributed by atoms with van der Waals surface area (Å²) < 4.78 is 63.3. The molecule has 0 aromatic heterocycles. The number of hydrogen-bond acceptors (Lipinski definition) is 4. The zero-order valence-corrected chi connectivity index (χ0v) is 43.3. The summed E-state index contributed by atoms with van der Waals surface area (Å²) in [6.07, 6.45) is 6.05. The van der Waals surface area contributed by atoms with Crippen LogP contribution in [0.5, 0.6) is 0 Å². The summed E-state index contributed by atoms with van der Waals surface area (Å²) in [4.78, 5) is 4.13. The third-order valence-corrected chi connectivity index (χ3v) is 12.9. The van der Waals surface area contributed by atoms with Crippen LogP contribution in [0.3, 0.4) is 0 Å². The van der Waals surface area contributed by atoms with Crippen LogP contribution in [-0.4, -0.2) is 0 Å². The maximum absolute atomic E-state index is 15.8. The number of rotatable bonds is 10. The van der Waals surface area contributed by atoms with E-state index in [2.05, 4.69) is 141 Å². The zero-order valence-electron chi connectivity index (χ0n) is 43.3. The van der Waals surface area contributed by atoms with Crippen LogP contribution >= 0.6 is 0 Å². The lowest BCUT2D eigenvalue weighted by molar-refractivity contribution is 0.577. The first-order chi connectivity index (χ1) is 33.8. The van der Waals surface area contributed by atoms with Crippen LogP contribution in [0.4, 0.5) is 51.7 Å². The first kappa shape index (κ1) is 52.2. The van der Waals surface area contributed by atoms with Crippen molar-refractivity contribution >= 4 is 58.4 Å². The van der Waals surface area contributed by atoms with Gasteiger partial charge in [-0.3, -0.25) is 0 Å². The number of anilines is 6. The molecule has 7 aromatic carbocycles. The lowest BCUT2D eigenvalue weighted by atomic mass is 9.86. The van der Waals surface area contributed by atoms with Gasteiger partial charge in [0.15, 0.2) is 0 Å². The van der Waals surface area contributed by atoms with Crippen LogP contribution in [0.15, 0.2) is 133 Å². The highest BCUT2D eigenvalue weighted by molar-refractivity contribution is 5.94. The standard InChI is InChI=1S/C64H62F4N4/c1-61(2,3)45-15-23-49(24-16-45)71(50-25-17-46(18-26-50)62(4,5)6)59-37-44(14-32-54-57(67)35-42(40-70)36-58(54)68)60(38-43(59)13-31-53-55(65)33-41(39-69)34-56(53)66)72(51-27-19-47(20-28-51)63(7,8)9)52-29-21-48(22-30-52)64(10,11)12/h13-38H,1-12H3/b31-13-,32-14+. The Kier molecular flexibility index (Phi) is 14.6. The summed E-state index contributed by atoms with van der Waals surface area (Å²) in [5.41, 5.74) is 8.15. The molecule has 0 amide bonds. The van der Waals surface area contributed by atoms with Crippen LogP contribution in [0.1, 0.15) is 139 Å². The van der Waals surface area contributed by atoms with E-state index in [9.17, 15) is 10.5 Å². The van der Waals surface area contributed by atoms with Crippen molar-refractivity contribution in [3.63, 3.8) is 0 Å². The van der Waals surface area contributed by atoms with Gasteiger partial charge in [-0.2, -0.15) is 10.5 Å². The highest BCUT2D eigenvalue weighted by Crippen LogP contribution is 2.46. The van der Waals surface area contributed by atoms with E-state index in [0.29, 0.717) is 22.5 Å².